The van der Waals surface area contributed by atoms with Crippen molar-refractivity contribution in [2.45, 2.75) is 57.2 Å². The lowest BCUT2D eigenvalue weighted by Gasteiger charge is -2.44. The minimum absolute atomic E-state index is 0.140. The summed E-state index contributed by atoms with van der Waals surface area (Å²) in [5, 5.41) is 15.6. The molecule has 4 aliphatic heterocycles. The van der Waals surface area contributed by atoms with Crippen molar-refractivity contribution in [3.63, 3.8) is 0 Å². The van der Waals surface area contributed by atoms with Crippen LogP contribution in [0.2, 0.25) is 0 Å². The molecule has 55 heavy (non-hydrogen) atoms. The third kappa shape index (κ3) is 6.45. The van der Waals surface area contributed by atoms with Crippen molar-refractivity contribution in [1.82, 2.24) is 39.5 Å². The molecule has 3 aromatic heterocycles. The van der Waals surface area contributed by atoms with E-state index in [2.05, 4.69) is 47.5 Å². The number of hydrogen-bond acceptors (Lipinski definition) is 10. The first kappa shape index (κ1) is 33.7. The molecule has 282 valence electrons. The first-order valence-corrected chi connectivity index (χ1v) is 19.3. The lowest BCUT2D eigenvalue weighted by molar-refractivity contribution is -0.136. The molecule has 2 N–H and O–H groups in total. The van der Waals surface area contributed by atoms with Gasteiger partial charge in [-0.3, -0.25) is 29.2 Å². The van der Waals surface area contributed by atoms with E-state index < -0.39 is 6.04 Å². The molecule has 0 bridgehead atoms. The van der Waals surface area contributed by atoms with E-state index in [4.69, 9.17) is 9.84 Å². The van der Waals surface area contributed by atoms with Gasteiger partial charge in [-0.2, -0.15) is 10.2 Å². The molecule has 1 unspecified atom stereocenters. The maximum atomic E-state index is 13.4. The Morgan fingerprint density at radius 1 is 1.00 bits per heavy atom. The van der Waals surface area contributed by atoms with Crippen LogP contribution in [0.5, 0.6) is 5.75 Å². The lowest BCUT2D eigenvalue weighted by atomic mass is 9.96. The first-order chi connectivity index (χ1) is 26.8. The van der Waals surface area contributed by atoms with E-state index in [0.717, 1.165) is 80.6 Å². The third-order valence-corrected chi connectivity index (χ3v) is 11.8. The lowest BCUT2D eigenvalue weighted by Crippen LogP contribution is -2.52. The number of nitrogens with one attached hydrogen (secondary N) is 2. The average Bonchev–Trinajstić information content (AvgIpc) is 3.60. The van der Waals surface area contributed by atoms with Crippen LogP contribution >= 0.6 is 0 Å². The SMILES string of the molecule is O=C1CCC(N2Cc3cc(N4CC(CN5CCC(n6cc7cc(NC(=O)c8cnn9cccnc89)c(OCC8CC8)cc7n6)CC5)C4)ccc3C2=O)C(=O)N1. The number of aromatic nitrogens is 5. The number of carbonyl (C=O) groups is 4. The molecule has 7 heterocycles. The summed E-state index contributed by atoms with van der Waals surface area (Å²) in [7, 11) is 0. The normalized spacial score (nSPS) is 20.9. The second kappa shape index (κ2) is 13.5. The largest absolute Gasteiger partial charge is 0.491 e. The van der Waals surface area contributed by atoms with Gasteiger partial charge in [0.1, 0.15) is 17.4 Å². The Kier molecular flexibility index (Phi) is 8.26. The molecular weight excluding hydrogens is 701 g/mol. The number of piperidine rings is 2. The molecule has 1 atom stereocenters. The number of imide groups is 1. The zero-order valence-electron chi connectivity index (χ0n) is 30.4. The Morgan fingerprint density at radius 2 is 1.85 bits per heavy atom. The second-order valence-corrected chi connectivity index (χ2v) is 15.7. The summed E-state index contributed by atoms with van der Waals surface area (Å²) in [6.07, 6.45) is 12.0. The maximum Gasteiger partial charge on any atom is 0.261 e. The fraction of sp³-hybridized carbons (Fsp3) is 0.425. The van der Waals surface area contributed by atoms with Gasteiger partial charge in [-0.1, -0.05) is 0 Å². The zero-order valence-corrected chi connectivity index (χ0v) is 30.4. The fourth-order valence-electron chi connectivity index (χ4n) is 8.53. The Bertz CT molecular complexity index is 2350. The van der Waals surface area contributed by atoms with E-state index in [9.17, 15) is 19.2 Å². The number of ether oxygens (including phenoxy) is 1. The molecule has 3 saturated heterocycles. The predicted molar refractivity (Wildman–Crippen MR) is 202 cm³/mol. The molecule has 0 spiro atoms. The molecule has 15 nitrogen and oxygen atoms in total. The number of nitrogens with zero attached hydrogens (tertiary/aromatic N) is 8. The van der Waals surface area contributed by atoms with E-state index in [0.29, 0.717) is 59.6 Å². The summed E-state index contributed by atoms with van der Waals surface area (Å²) in [4.78, 5) is 61.4. The van der Waals surface area contributed by atoms with Gasteiger partial charge in [-0.25, -0.2) is 9.50 Å². The standard InChI is InChI=1S/C40H42N10O5/c51-36-7-6-34(39(53)44-36)48-21-26-14-29(4-5-30(26)40(48)54)47-19-25(20-47)18-46-12-8-28(9-13-46)50-22-27-15-33(35(16-32(27)45-50)55-23-24-2-3-24)43-38(52)31-17-42-49-11-1-10-41-37(31)49/h1,4-5,10-11,14-17,22,24-25,28,34H,2-3,6-9,12-13,18-21,23H2,(H,43,52)(H,44,51,53). The van der Waals surface area contributed by atoms with Gasteiger partial charge in [0.25, 0.3) is 11.8 Å². The number of carbonyl (C=O) groups excluding carboxylic acids is 4. The summed E-state index contributed by atoms with van der Waals surface area (Å²) in [5.41, 5.74) is 5.03. The van der Waals surface area contributed by atoms with Crippen molar-refractivity contribution >= 4 is 51.6 Å². The number of hydrogen-bond donors (Lipinski definition) is 2. The Hall–Kier alpha value is -5.83. The number of anilines is 2. The molecule has 0 radical (unpaired) electrons. The van der Waals surface area contributed by atoms with Gasteiger partial charge in [0.05, 0.1) is 30.0 Å². The molecule has 5 aromatic rings. The van der Waals surface area contributed by atoms with Crippen LogP contribution in [0.15, 0.2) is 61.2 Å². The van der Waals surface area contributed by atoms with Gasteiger partial charge >= 0.3 is 0 Å². The van der Waals surface area contributed by atoms with Crippen LogP contribution in [0.25, 0.3) is 16.6 Å². The van der Waals surface area contributed by atoms with Crippen LogP contribution in [0, 0.1) is 11.8 Å². The monoisotopic (exact) mass is 742 g/mol. The van der Waals surface area contributed by atoms with Crippen LogP contribution in [0.3, 0.4) is 0 Å². The summed E-state index contributed by atoms with van der Waals surface area (Å²) < 4.78 is 9.92. The van der Waals surface area contributed by atoms with Crippen LogP contribution in [-0.4, -0.2) is 103 Å². The van der Waals surface area contributed by atoms with Gasteiger partial charge < -0.3 is 24.8 Å². The molecular formula is C40H42N10O5. The highest BCUT2D eigenvalue weighted by Crippen LogP contribution is 2.37. The molecule has 1 saturated carbocycles. The molecule has 1 aliphatic carbocycles. The minimum Gasteiger partial charge on any atom is -0.491 e. The van der Waals surface area contributed by atoms with Gasteiger partial charge in [-0.05, 0) is 73.9 Å². The van der Waals surface area contributed by atoms with Crippen LogP contribution in [-0.2, 0) is 16.1 Å². The number of likely N-dealkylation sites (tertiary alicyclic amines) is 1. The molecule has 15 heteroatoms. The van der Waals surface area contributed by atoms with Crippen molar-refractivity contribution in [3.05, 3.63) is 77.9 Å². The minimum atomic E-state index is -0.601. The molecule has 2 aromatic carbocycles. The van der Waals surface area contributed by atoms with Gasteiger partial charge in [0.2, 0.25) is 11.8 Å². The second-order valence-electron chi connectivity index (χ2n) is 15.7. The number of amides is 4. The quantitative estimate of drug-likeness (QED) is 0.202. The highest BCUT2D eigenvalue weighted by molar-refractivity contribution is 6.09. The third-order valence-electron chi connectivity index (χ3n) is 11.8. The molecule has 4 amide bonds. The number of rotatable bonds is 10. The van der Waals surface area contributed by atoms with E-state index in [1.807, 2.05) is 24.3 Å². The Balaban J connectivity index is 0.750. The summed E-state index contributed by atoms with van der Waals surface area (Å²) >= 11 is 0. The van der Waals surface area contributed by atoms with Crippen LogP contribution in [0.4, 0.5) is 11.4 Å². The Labute approximate surface area is 316 Å². The number of fused-ring (bicyclic) bond motifs is 3. The van der Waals surface area contributed by atoms with Crippen molar-refractivity contribution in [3.8, 4) is 5.75 Å². The highest BCUT2D eigenvalue weighted by Gasteiger charge is 2.40. The molecule has 10 rings (SSSR count). The van der Waals surface area contributed by atoms with Crippen molar-refractivity contribution in [2.75, 3.05) is 49.5 Å². The van der Waals surface area contributed by atoms with E-state index in [1.165, 1.54) is 6.20 Å². The van der Waals surface area contributed by atoms with Crippen molar-refractivity contribution in [1.29, 1.82) is 0 Å². The van der Waals surface area contributed by atoms with Gasteiger partial charge in [0.15, 0.2) is 5.65 Å². The summed E-state index contributed by atoms with van der Waals surface area (Å²) in [5.74, 6) is 0.647. The van der Waals surface area contributed by atoms with Crippen molar-refractivity contribution in [2.24, 2.45) is 11.8 Å². The van der Waals surface area contributed by atoms with Gasteiger partial charge in [-0.15, -0.1) is 0 Å². The predicted octanol–water partition coefficient (Wildman–Crippen LogP) is 3.65. The van der Waals surface area contributed by atoms with E-state index in [1.54, 1.807) is 27.9 Å². The van der Waals surface area contributed by atoms with E-state index in [-0.39, 0.29) is 36.1 Å². The zero-order chi connectivity index (χ0) is 37.2. The van der Waals surface area contributed by atoms with Gasteiger partial charge in [0, 0.05) is 92.9 Å². The maximum absolute atomic E-state index is 13.4. The number of benzene rings is 2. The Morgan fingerprint density at radius 3 is 2.67 bits per heavy atom. The average molecular weight is 743 g/mol. The fourth-order valence-corrected chi connectivity index (χ4v) is 8.53. The topological polar surface area (TPSA) is 159 Å². The first-order valence-electron chi connectivity index (χ1n) is 19.3. The van der Waals surface area contributed by atoms with E-state index >= 15 is 0 Å². The molecule has 5 aliphatic rings. The van der Waals surface area contributed by atoms with Crippen molar-refractivity contribution < 1.29 is 23.9 Å². The summed E-state index contributed by atoms with van der Waals surface area (Å²) in [6.45, 7) is 5.98. The highest BCUT2D eigenvalue weighted by atomic mass is 16.5. The molecule has 4 fully saturated rings. The van der Waals surface area contributed by atoms with Crippen LogP contribution < -0.4 is 20.3 Å². The smallest absolute Gasteiger partial charge is 0.261 e. The summed E-state index contributed by atoms with van der Waals surface area (Å²) in [6, 6.07) is 11.4. The van der Waals surface area contributed by atoms with Crippen LogP contribution in [0.1, 0.15) is 70.8 Å².